The van der Waals surface area contributed by atoms with Crippen LogP contribution in [0.1, 0.15) is 92.4 Å². The van der Waals surface area contributed by atoms with E-state index in [-0.39, 0.29) is 5.97 Å². The maximum absolute atomic E-state index is 11.8. The van der Waals surface area contributed by atoms with Gasteiger partial charge < -0.3 is 9.47 Å². The molecular weight excluding hydrogens is 384 g/mol. The molecule has 4 aliphatic carbocycles. The van der Waals surface area contributed by atoms with Crippen molar-refractivity contribution in [2.24, 2.45) is 58.2 Å². The van der Waals surface area contributed by atoms with E-state index < -0.39 is 0 Å². The molecule has 4 rings (SSSR count). The summed E-state index contributed by atoms with van der Waals surface area (Å²) in [5, 5.41) is 0. The third-order valence-corrected chi connectivity index (χ3v) is 11.7. The second-order valence-corrected chi connectivity index (χ2v) is 12.6. The smallest absolute Gasteiger partial charge is 0.305 e. The van der Waals surface area contributed by atoms with Crippen LogP contribution >= 0.6 is 0 Å². The van der Waals surface area contributed by atoms with Gasteiger partial charge in [0.05, 0.1) is 13.2 Å². The Labute approximate surface area is 191 Å². The number of methoxy groups -OCH3 is 2. The van der Waals surface area contributed by atoms with Gasteiger partial charge in [-0.1, -0.05) is 34.6 Å². The third-order valence-electron chi connectivity index (χ3n) is 11.7. The van der Waals surface area contributed by atoms with Crippen molar-refractivity contribution < 1.29 is 14.3 Å². The van der Waals surface area contributed by atoms with Gasteiger partial charge in [0, 0.05) is 13.5 Å². The monoisotopic (exact) mass is 432 g/mol. The van der Waals surface area contributed by atoms with E-state index in [9.17, 15) is 4.79 Å². The van der Waals surface area contributed by atoms with Crippen LogP contribution in [0.2, 0.25) is 0 Å². The molecule has 0 radical (unpaired) electrons. The van der Waals surface area contributed by atoms with E-state index in [2.05, 4.69) is 34.6 Å². The van der Waals surface area contributed by atoms with E-state index in [4.69, 9.17) is 9.47 Å². The second-order valence-electron chi connectivity index (χ2n) is 12.6. The normalized spacial score (nSPS) is 50.2. The molecule has 0 aromatic carbocycles. The van der Waals surface area contributed by atoms with Gasteiger partial charge in [0.15, 0.2) is 0 Å². The first-order chi connectivity index (χ1) is 14.7. The van der Waals surface area contributed by atoms with Crippen LogP contribution in [0.5, 0.6) is 0 Å². The predicted molar refractivity (Wildman–Crippen MR) is 126 cm³/mol. The SMILES string of the molecule is COC(=O)CCC(C)[C@H]1CCC2C3C(C[C@H](C)[C@@]21C)[C@@]1(C)CC[C@@H](OC)CC1C[C@H]3C. The van der Waals surface area contributed by atoms with Crippen LogP contribution in [0.15, 0.2) is 0 Å². The highest BCUT2D eigenvalue weighted by molar-refractivity contribution is 5.69. The number of carbonyl (C=O) groups is 1. The van der Waals surface area contributed by atoms with Crippen molar-refractivity contribution >= 4 is 5.97 Å². The van der Waals surface area contributed by atoms with Crippen molar-refractivity contribution in [1.29, 1.82) is 0 Å². The molecule has 0 amide bonds. The zero-order valence-corrected chi connectivity index (χ0v) is 21.3. The minimum Gasteiger partial charge on any atom is -0.469 e. The Morgan fingerprint density at radius 1 is 1.03 bits per heavy atom. The number of hydrogen-bond acceptors (Lipinski definition) is 3. The molecule has 4 aliphatic rings. The summed E-state index contributed by atoms with van der Waals surface area (Å²) in [4.78, 5) is 11.8. The van der Waals surface area contributed by atoms with Crippen molar-refractivity contribution in [2.75, 3.05) is 14.2 Å². The fraction of sp³-hybridized carbons (Fsp3) is 0.964. The fourth-order valence-corrected chi connectivity index (χ4v) is 9.77. The Hall–Kier alpha value is -0.570. The highest BCUT2D eigenvalue weighted by Crippen LogP contribution is 2.71. The number of ether oxygens (including phenoxy) is 2. The van der Waals surface area contributed by atoms with Crippen molar-refractivity contribution in [3.63, 3.8) is 0 Å². The largest absolute Gasteiger partial charge is 0.469 e. The third kappa shape index (κ3) is 3.69. The van der Waals surface area contributed by atoms with E-state index >= 15 is 0 Å². The van der Waals surface area contributed by atoms with Crippen LogP contribution in [0.3, 0.4) is 0 Å². The van der Waals surface area contributed by atoms with E-state index in [1.165, 1.54) is 52.1 Å². The summed E-state index contributed by atoms with van der Waals surface area (Å²) < 4.78 is 10.7. The van der Waals surface area contributed by atoms with Crippen molar-refractivity contribution in [3.05, 3.63) is 0 Å². The molecule has 3 nitrogen and oxygen atoms in total. The van der Waals surface area contributed by atoms with E-state index in [1.54, 1.807) is 0 Å². The quantitative estimate of drug-likeness (QED) is 0.451. The fourth-order valence-electron chi connectivity index (χ4n) is 9.77. The Morgan fingerprint density at radius 3 is 2.45 bits per heavy atom. The molecule has 0 spiro atoms. The molecule has 4 fully saturated rings. The van der Waals surface area contributed by atoms with Crippen LogP contribution < -0.4 is 0 Å². The molecule has 4 saturated carbocycles. The van der Waals surface area contributed by atoms with Crippen molar-refractivity contribution in [1.82, 2.24) is 0 Å². The maximum atomic E-state index is 11.8. The standard InChI is InChI=1S/C28H48O3/c1-17(8-11-25(29)31-7)22-9-10-23-26-18(2)14-20-16-21(30-6)12-13-27(20,4)24(26)15-19(3)28(22,23)5/h17-24,26H,8-16H2,1-7H3/t17?,18-,19+,20?,21-,22-,23?,24?,26?,27+,28-/m1/s1. The van der Waals surface area contributed by atoms with Gasteiger partial charge in [0.2, 0.25) is 0 Å². The Balaban J connectivity index is 1.57. The van der Waals surface area contributed by atoms with Gasteiger partial charge in [-0.2, -0.15) is 0 Å². The summed E-state index contributed by atoms with van der Waals surface area (Å²) in [6.07, 6.45) is 11.5. The van der Waals surface area contributed by atoms with Crippen LogP contribution in [-0.2, 0) is 14.3 Å². The predicted octanol–water partition coefficient (Wildman–Crippen LogP) is 6.74. The lowest BCUT2D eigenvalue weighted by atomic mass is 9.40. The average molecular weight is 433 g/mol. The lowest BCUT2D eigenvalue weighted by Gasteiger charge is -2.65. The number of fused-ring (bicyclic) bond motifs is 5. The van der Waals surface area contributed by atoms with Gasteiger partial charge in [-0.05, 0) is 110 Å². The van der Waals surface area contributed by atoms with E-state index in [0.29, 0.717) is 29.3 Å². The van der Waals surface area contributed by atoms with E-state index in [1.807, 2.05) is 7.11 Å². The summed E-state index contributed by atoms with van der Waals surface area (Å²) in [5.41, 5.74) is 0.939. The van der Waals surface area contributed by atoms with Crippen LogP contribution in [0, 0.1) is 58.2 Å². The van der Waals surface area contributed by atoms with Gasteiger partial charge >= 0.3 is 5.97 Å². The summed E-state index contributed by atoms with van der Waals surface area (Å²) in [5.74, 6) is 6.39. The molecule has 0 aromatic rings. The molecule has 0 heterocycles. The number of esters is 1. The molecule has 0 aliphatic heterocycles. The summed E-state index contributed by atoms with van der Waals surface area (Å²) in [6, 6.07) is 0. The molecule has 5 unspecified atom stereocenters. The molecule has 31 heavy (non-hydrogen) atoms. The van der Waals surface area contributed by atoms with E-state index in [0.717, 1.165) is 47.8 Å². The highest BCUT2D eigenvalue weighted by Gasteiger charge is 2.64. The molecule has 0 N–H and O–H groups in total. The molecule has 0 aromatic heterocycles. The van der Waals surface area contributed by atoms with Gasteiger partial charge in [-0.15, -0.1) is 0 Å². The minimum absolute atomic E-state index is 0.0464. The first kappa shape index (κ1) is 23.6. The summed E-state index contributed by atoms with van der Waals surface area (Å²) in [7, 11) is 3.43. The minimum atomic E-state index is -0.0464. The lowest BCUT2D eigenvalue weighted by Crippen LogP contribution is -2.58. The van der Waals surface area contributed by atoms with Gasteiger partial charge in [-0.25, -0.2) is 0 Å². The second kappa shape index (κ2) is 8.65. The van der Waals surface area contributed by atoms with Crippen LogP contribution in [0.4, 0.5) is 0 Å². The van der Waals surface area contributed by atoms with Crippen LogP contribution in [-0.4, -0.2) is 26.3 Å². The number of hydrogen-bond donors (Lipinski definition) is 0. The van der Waals surface area contributed by atoms with Gasteiger partial charge in [0.1, 0.15) is 0 Å². The molecule has 11 atom stereocenters. The molecule has 178 valence electrons. The first-order valence-corrected chi connectivity index (χ1v) is 13.3. The highest BCUT2D eigenvalue weighted by atomic mass is 16.5. The number of carbonyl (C=O) groups excluding carboxylic acids is 1. The Morgan fingerprint density at radius 2 is 1.77 bits per heavy atom. The zero-order valence-electron chi connectivity index (χ0n) is 21.3. The summed E-state index contributed by atoms with van der Waals surface area (Å²) in [6.45, 7) is 12.9. The Bertz CT molecular complexity index is 661. The lowest BCUT2D eigenvalue weighted by molar-refractivity contribution is -0.170. The topological polar surface area (TPSA) is 35.5 Å². The molecule has 0 bridgehead atoms. The zero-order chi connectivity index (χ0) is 22.6. The van der Waals surface area contributed by atoms with Crippen molar-refractivity contribution in [2.45, 2.75) is 98.5 Å². The first-order valence-electron chi connectivity index (χ1n) is 13.3. The number of rotatable bonds is 5. The molecular formula is C28H48O3. The van der Waals surface area contributed by atoms with Gasteiger partial charge in [0.25, 0.3) is 0 Å². The Kier molecular flexibility index (Phi) is 6.58. The molecule has 0 saturated heterocycles. The van der Waals surface area contributed by atoms with Gasteiger partial charge in [-0.3, -0.25) is 4.79 Å². The maximum Gasteiger partial charge on any atom is 0.305 e. The summed E-state index contributed by atoms with van der Waals surface area (Å²) >= 11 is 0. The van der Waals surface area contributed by atoms with Crippen molar-refractivity contribution in [3.8, 4) is 0 Å². The molecule has 3 heteroatoms. The average Bonchev–Trinajstić information content (AvgIpc) is 3.11. The van der Waals surface area contributed by atoms with Crippen LogP contribution in [0.25, 0.3) is 0 Å².